The average molecular weight is 383 g/mol. The van der Waals surface area contributed by atoms with Crippen LogP contribution < -0.4 is 0 Å². The lowest BCUT2D eigenvalue weighted by molar-refractivity contribution is -0.252. The van der Waals surface area contributed by atoms with Gasteiger partial charge in [0.1, 0.15) is 11.3 Å². The van der Waals surface area contributed by atoms with E-state index in [9.17, 15) is 27.5 Å². The van der Waals surface area contributed by atoms with E-state index in [-0.39, 0.29) is 23.4 Å². The Bertz CT molecular complexity index is 1010. The Morgan fingerprint density at radius 1 is 1.11 bits per heavy atom. The van der Waals surface area contributed by atoms with Crippen LogP contribution in [0.4, 0.5) is 17.6 Å². The zero-order valence-electron chi connectivity index (χ0n) is 13.8. The molecule has 0 amide bonds. The summed E-state index contributed by atoms with van der Waals surface area (Å²) >= 11 is 0. The molecule has 0 saturated heterocycles. The van der Waals surface area contributed by atoms with E-state index in [0.717, 1.165) is 34.9 Å². The van der Waals surface area contributed by atoms with Gasteiger partial charge >= 0.3 is 12.1 Å². The fourth-order valence-corrected chi connectivity index (χ4v) is 2.81. The Hall–Kier alpha value is -3.01. The number of aryl methyl sites for hydroxylation is 1. The highest BCUT2D eigenvalue weighted by atomic mass is 19.4. The molecule has 6 nitrogen and oxygen atoms in total. The number of imidazole rings is 1. The molecule has 0 aliphatic carbocycles. The summed E-state index contributed by atoms with van der Waals surface area (Å²) in [5, 5.41) is 19.7. The lowest BCUT2D eigenvalue weighted by Crippen LogP contribution is -2.45. The number of hydrogen-bond donors (Lipinski definition) is 2. The Morgan fingerprint density at radius 2 is 1.74 bits per heavy atom. The second-order valence-corrected chi connectivity index (χ2v) is 5.74. The molecule has 0 radical (unpaired) electrons. The van der Waals surface area contributed by atoms with Gasteiger partial charge in [0, 0.05) is 12.1 Å². The molecule has 0 saturated carbocycles. The highest BCUT2D eigenvalue weighted by molar-refractivity contribution is 5.88. The number of fused-ring (bicyclic) bond motifs is 1. The highest BCUT2D eigenvalue weighted by Crippen LogP contribution is 2.44. The molecule has 0 bridgehead atoms. The summed E-state index contributed by atoms with van der Waals surface area (Å²) in [6.07, 6.45) is -5.19. The van der Waals surface area contributed by atoms with Gasteiger partial charge in [-0.05, 0) is 31.2 Å². The largest absolute Gasteiger partial charge is 0.477 e. The number of carbonyl (C=O) groups is 1. The van der Waals surface area contributed by atoms with Crippen LogP contribution in [0, 0.1) is 5.82 Å². The Labute approximate surface area is 149 Å². The quantitative estimate of drug-likeness (QED) is 0.676. The highest BCUT2D eigenvalue weighted by Gasteiger charge is 2.59. The van der Waals surface area contributed by atoms with Crippen LogP contribution in [0.25, 0.3) is 11.2 Å². The van der Waals surface area contributed by atoms with Gasteiger partial charge in [-0.2, -0.15) is 13.2 Å². The second kappa shape index (κ2) is 6.31. The number of benzene rings is 1. The SMILES string of the molecule is CCn1c(C(O)(c2ccc(F)cc2)C(F)(F)F)nc2ccc(C(=O)O)nc21. The number of nitrogens with zero attached hydrogens (tertiary/aromatic N) is 3. The van der Waals surface area contributed by atoms with Crippen LogP contribution in [0.1, 0.15) is 28.8 Å². The number of aromatic carboxylic acids is 1. The second-order valence-electron chi connectivity index (χ2n) is 5.74. The molecule has 2 heterocycles. The van der Waals surface area contributed by atoms with Gasteiger partial charge in [-0.3, -0.25) is 0 Å². The first kappa shape index (κ1) is 18.8. The number of carboxylic acid groups (broad SMARTS) is 1. The number of carboxylic acids is 1. The first-order chi connectivity index (χ1) is 12.6. The third-order valence-corrected chi connectivity index (χ3v) is 4.12. The number of halogens is 4. The predicted octanol–water partition coefficient (Wildman–Crippen LogP) is 3.09. The van der Waals surface area contributed by atoms with E-state index in [2.05, 4.69) is 9.97 Å². The fraction of sp³-hybridized carbons (Fsp3) is 0.235. The fourth-order valence-electron chi connectivity index (χ4n) is 2.81. The van der Waals surface area contributed by atoms with Crippen molar-refractivity contribution in [3.63, 3.8) is 0 Å². The lowest BCUT2D eigenvalue weighted by Gasteiger charge is -2.30. The van der Waals surface area contributed by atoms with E-state index >= 15 is 0 Å². The number of pyridine rings is 1. The third-order valence-electron chi connectivity index (χ3n) is 4.12. The smallest absolute Gasteiger partial charge is 0.428 e. The molecule has 3 rings (SSSR count). The van der Waals surface area contributed by atoms with Gasteiger partial charge in [0.25, 0.3) is 0 Å². The van der Waals surface area contributed by atoms with Crippen LogP contribution in [0.15, 0.2) is 36.4 Å². The number of rotatable bonds is 4. The number of aliphatic hydroxyl groups is 1. The van der Waals surface area contributed by atoms with Gasteiger partial charge in [0.2, 0.25) is 5.60 Å². The van der Waals surface area contributed by atoms with Crippen molar-refractivity contribution < 1.29 is 32.6 Å². The van der Waals surface area contributed by atoms with E-state index in [1.54, 1.807) is 0 Å². The minimum Gasteiger partial charge on any atom is -0.477 e. The standard InChI is InChI=1S/C17H13F4N3O3/c1-2-24-13-11(7-8-12(22-13)14(25)26)23-15(24)16(27,17(19,20)21)9-3-5-10(18)6-4-9/h3-8,27H,2H2,1H3,(H,25,26). The lowest BCUT2D eigenvalue weighted by atomic mass is 9.92. The van der Waals surface area contributed by atoms with Gasteiger partial charge in [0.05, 0.1) is 0 Å². The van der Waals surface area contributed by atoms with Crippen LogP contribution in [-0.2, 0) is 12.1 Å². The predicted molar refractivity (Wildman–Crippen MR) is 85.6 cm³/mol. The van der Waals surface area contributed by atoms with Crippen molar-refractivity contribution in [2.75, 3.05) is 0 Å². The first-order valence-electron chi connectivity index (χ1n) is 7.75. The molecule has 0 fully saturated rings. The summed E-state index contributed by atoms with van der Waals surface area (Å²) in [7, 11) is 0. The van der Waals surface area contributed by atoms with Crippen LogP contribution >= 0.6 is 0 Å². The van der Waals surface area contributed by atoms with Gasteiger partial charge in [-0.25, -0.2) is 19.2 Å². The maximum atomic E-state index is 13.9. The summed E-state index contributed by atoms with van der Waals surface area (Å²) < 4.78 is 55.9. The van der Waals surface area contributed by atoms with E-state index in [1.807, 2.05) is 0 Å². The minimum atomic E-state index is -5.19. The number of hydrogen-bond acceptors (Lipinski definition) is 4. The van der Waals surface area contributed by atoms with Gasteiger partial charge in [0.15, 0.2) is 17.2 Å². The minimum absolute atomic E-state index is 0.0124. The summed E-state index contributed by atoms with van der Waals surface area (Å²) in [5.74, 6) is -2.90. The zero-order chi connectivity index (χ0) is 20.0. The number of aromatic nitrogens is 3. The molecular weight excluding hydrogens is 370 g/mol. The molecular formula is C17H13F4N3O3. The van der Waals surface area contributed by atoms with Crippen LogP contribution in [0.2, 0.25) is 0 Å². The Kier molecular flexibility index (Phi) is 4.38. The first-order valence-corrected chi connectivity index (χ1v) is 7.75. The van der Waals surface area contributed by atoms with Gasteiger partial charge in [-0.1, -0.05) is 12.1 Å². The maximum Gasteiger partial charge on any atom is 0.428 e. The molecule has 1 atom stereocenters. The van der Waals surface area contributed by atoms with Gasteiger partial charge < -0.3 is 14.8 Å². The molecule has 0 spiro atoms. The van der Waals surface area contributed by atoms with E-state index < -0.39 is 35.0 Å². The molecule has 10 heteroatoms. The Balaban J connectivity index is 2.34. The van der Waals surface area contributed by atoms with Crippen molar-refractivity contribution in [2.24, 2.45) is 0 Å². The molecule has 1 aromatic carbocycles. The van der Waals surface area contributed by atoms with E-state index in [4.69, 9.17) is 5.11 Å². The molecule has 0 aliphatic heterocycles. The molecule has 1 unspecified atom stereocenters. The summed E-state index contributed by atoms with van der Waals surface area (Å²) in [4.78, 5) is 18.8. The summed E-state index contributed by atoms with van der Waals surface area (Å²) in [6.45, 7) is 1.43. The van der Waals surface area contributed by atoms with Crippen molar-refractivity contribution in [1.29, 1.82) is 0 Å². The van der Waals surface area contributed by atoms with Crippen LogP contribution in [0.3, 0.4) is 0 Å². The van der Waals surface area contributed by atoms with Crippen molar-refractivity contribution in [2.45, 2.75) is 25.2 Å². The summed E-state index contributed by atoms with van der Waals surface area (Å²) in [5.41, 5.74) is -4.67. The van der Waals surface area contributed by atoms with Crippen molar-refractivity contribution in [1.82, 2.24) is 14.5 Å². The summed E-state index contributed by atoms with van der Waals surface area (Å²) in [6, 6.07) is 5.54. The van der Waals surface area contributed by atoms with Crippen LogP contribution in [0.5, 0.6) is 0 Å². The maximum absolute atomic E-state index is 13.9. The van der Waals surface area contributed by atoms with Crippen LogP contribution in [-0.4, -0.2) is 36.9 Å². The molecule has 142 valence electrons. The molecule has 3 aromatic rings. The van der Waals surface area contributed by atoms with Crippen molar-refractivity contribution in [3.05, 3.63) is 59.3 Å². The van der Waals surface area contributed by atoms with E-state index in [0.29, 0.717) is 0 Å². The van der Waals surface area contributed by atoms with E-state index in [1.165, 1.54) is 13.0 Å². The number of alkyl halides is 3. The third kappa shape index (κ3) is 2.91. The average Bonchev–Trinajstić information content (AvgIpc) is 2.98. The Morgan fingerprint density at radius 3 is 2.26 bits per heavy atom. The molecule has 2 N–H and O–H groups in total. The van der Waals surface area contributed by atoms with Gasteiger partial charge in [-0.15, -0.1) is 0 Å². The normalized spacial score (nSPS) is 14.3. The van der Waals surface area contributed by atoms with Crippen molar-refractivity contribution >= 4 is 17.1 Å². The topological polar surface area (TPSA) is 88.2 Å². The zero-order valence-corrected chi connectivity index (χ0v) is 13.8. The monoisotopic (exact) mass is 383 g/mol. The molecule has 2 aromatic heterocycles. The molecule has 0 aliphatic rings. The molecule has 27 heavy (non-hydrogen) atoms. The van der Waals surface area contributed by atoms with Crippen molar-refractivity contribution in [3.8, 4) is 0 Å².